The highest BCUT2D eigenvalue weighted by Crippen LogP contribution is 2.36. The minimum atomic E-state index is -0.251. The van der Waals surface area contributed by atoms with Crippen LogP contribution >= 0.6 is 23.1 Å². The number of fused-ring (bicyclic) bond motifs is 3. The number of nitrogens with one attached hydrogen (secondary N) is 1. The van der Waals surface area contributed by atoms with E-state index in [2.05, 4.69) is 12.2 Å². The topological polar surface area (TPSA) is 64.0 Å². The zero-order valence-electron chi connectivity index (χ0n) is 16.8. The highest BCUT2D eigenvalue weighted by Gasteiger charge is 2.28. The second-order valence-electron chi connectivity index (χ2n) is 7.99. The summed E-state index contributed by atoms with van der Waals surface area (Å²) in [6, 6.07) is 0.350. The van der Waals surface area contributed by atoms with Crippen LogP contribution in [-0.4, -0.2) is 26.8 Å². The van der Waals surface area contributed by atoms with E-state index in [4.69, 9.17) is 4.98 Å². The van der Waals surface area contributed by atoms with Gasteiger partial charge in [-0.3, -0.25) is 14.2 Å². The third-order valence-electron chi connectivity index (χ3n) is 5.60. The molecule has 1 fully saturated rings. The van der Waals surface area contributed by atoms with Gasteiger partial charge in [0.1, 0.15) is 4.83 Å². The second-order valence-corrected chi connectivity index (χ2v) is 10.4. The first-order valence-corrected chi connectivity index (χ1v) is 12.3. The fourth-order valence-corrected chi connectivity index (χ4v) is 6.05. The molecule has 2 heterocycles. The van der Waals surface area contributed by atoms with Crippen LogP contribution in [-0.2, 0) is 24.2 Å². The van der Waals surface area contributed by atoms with E-state index in [-0.39, 0.29) is 16.7 Å². The van der Waals surface area contributed by atoms with Crippen molar-refractivity contribution >= 4 is 39.2 Å². The molecule has 152 valence electrons. The van der Waals surface area contributed by atoms with Crippen molar-refractivity contribution in [2.75, 3.05) is 0 Å². The summed E-state index contributed by atoms with van der Waals surface area (Å²) in [5, 5.41) is 4.35. The third-order valence-corrected chi connectivity index (χ3v) is 7.88. The second kappa shape index (κ2) is 8.57. The van der Waals surface area contributed by atoms with Gasteiger partial charge < -0.3 is 5.32 Å². The van der Waals surface area contributed by atoms with Gasteiger partial charge in [-0.2, -0.15) is 0 Å². The molecule has 5 nitrogen and oxygen atoms in total. The number of nitrogens with zero attached hydrogens (tertiary/aromatic N) is 2. The maximum atomic E-state index is 13.4. The summed E-state index contributed by atoms with van der Waals surface area (Å²) in [5.74, 6) is 0.0491. The van der Waals surface area contributed by atoms with Gasteiger partial charge in [0, 0.05) is 17.5 Å². The van der Waals surface area contributed by atoms with E-state index in [1.807, 2.05) is 11.5 Å². The number of rotatable bonds is 9. The van der Waals surface area contributed by atoms with Crippen LogP contribution in [0.4, 0.5) is 0 Å². The summed E-state index contributed by atoms with van der Waals surface area (Å²) in [7, 11) is 0. The van der Waals surface area contributed by atoms with Gasteiger partial charge in [0.25, 0.3) is 5.56 Å². The standard InChI is InChI=1S/C21H29N3O2S2/c1-3-4-5-6-12-24-20(26)17-15-8-7-9-16(15)28-19(17)23-21(24)27-13(2)18(25)22-14-10-11-14/h13-14H,3-12H2,1-2H3,(H,22,25). The van der Waals surface area contributed by atoms with Crippen LogP contribution in [0, 0.1) is 0 Å². The van der Waals surface area contributed by atoms with Crippen molar-refractivity contribution in [1.29, 1.82) is 0 Å². The van der Waals surface area contributed by atoms with Crippen molar-refractivity contribution in [3.05, 3.63) is 20.8 Å². The SMILES string of the molecule is CCCCCCn1c(SC(C)C(=O)NC2CC2)nc2sc3c(c2c1=O)CCC3. The minimum absolute atomic E-state index is 0.0491. The van der Waals surface area contributed by atoms with Crippen LogP contribution in [0.15, 0.2) is 9.95 Å². The van der Waals surface area contributed by atoms with Crippen LogP contribution in [0.5, 0.6) is 0 Å². The van der Waals surface area contributed by atoms with Gasteiger partial charge in [-0.15, -0.1) is 11.3 Å². The summed E-state index contributed by atoms with van der Waals surface area (Å²) < 4.78 is 1.84. The molecule has 0 aliphatic heterocycles. The summed E-state index contributed by atoms with van der Waals surface area (Å²) in [4.78, 5) is 32.9. The molecule has 1 atom stereocenters. The van der Waals surface area contributed by atoms with E-state index < -0.39 is 0 Å². The largest absolute Gasteiger partial charge is 0.352 e. The monoisotopic (exact) mass is 419 g/mol. The highest BCUT2D eigenvalue weighted by atomic mass is 32.2. The zero-order valence-corrected chi connectivity index (χ0v) is 18.4. The molecule has 0 saturated heterocycles. The predicted molar refractivity (Wildman–Crippen MR) is 117 cm³/mol. The van der Waals surface area contributed by atoms with Crippen LogP contribution in [0.3, 0.4) is 0 Å². The van der Waals surface area contributed by atoms with Gasteiger partial charge in [0.15, 0.2) is 5.16 Å². The Bertz CT molecular complexity index is 930. The van der Waals surface area contributed by atoms with Crippen molar-refractivity contribution in [2.45, 2.75) is 94.6 Å². The molecule has 1 unspecified atom stereocenters. The number of thiophene rings is 1. The van der Waals surface area contributed by atoms with E-state index in [0.29, 0.717) is 17.7 Å². The minimum Gasteiger partial charge on any atom is -0.352 e. The van der Waals surface area contributed by atoms with Crippen molar-refractivity contribution in [2.24, 2.45) is 0 Å². The van der Waals surface area contributed by atoms with Crippen molar-refractivity contribution in [3.8, 4) is 0 Å². The molecule has 1 saturated carbocycles. The summed E-state index contributed by atoms with van der Waals surface area (Å²) in [6.45, 7) is 4.79. The Kier molecular flexibility index (Phi) is 6.11. The number of carbonyl (C=O) groups is 1. The van der Waals surface area contributed by atoms with Crippen LogP contribution in [0.2, 0.25) is 0 Å². The van der Waals surface area contributed by atoms with Gasteiger partial charge in [0.05, 0.1) is 10.6 Å². The number of hydrogen-bond donors (Lipinski definition) is 1. The summed E-state index contributed by atoms with van der Waals surface area (Å²) in [5.41, 5.74) is 1.33. The number of thioether (sulfide) groups is 1. The number of hydrogen-bond acceptors (Lipinski definition) is 5. The fourth-order valence-electron chi connectivity index (χ4n) is 3.80. The summed E-state index contributed by atoms with van der Waals surface area (Å²) >= 11 is 3.10. The van der Waals surface area contributed by atoms with Crippen molar-refractivity contribution < 1.29 is 4.79 Å². The molecule has 28 heavy (non-hydrogen) atoms. The number of aryl methyl sites for hydroxylation is 2. The Labute approximate surface area is 174 Å². The fraction of sp³-hybridized carbons (Fsp3) is 0.667. The molecular formula is C21H29N3O2S2. The van der Waals surface area contributed by atoms with E-state index >= 15 is 0 Å². The van der Waals surface area contributed by atoms with Gasteiger partial charge in [-0.25, -0.2) is 4.98 Å². The van der Waals surface area contributed by atoms with E-state index in [9.17, 15) is 9.59 Å². The lowest BCUT2D eigenvalue weighted by Gasteiger charge is -2.16. The third kappa shape index (κ3) is 4.15. The molecular weight excluding hydrogens is 390 g/mol. The van der Waals surface area contributed by atoms with Crippen molar-refractivity contribution in [1.82, 2.24) is 14.9 Å². The lowest BCUT2D eigenvalue weighted by molar-refractivity contribution is -0.120. The molecule has 1 amide bonds. The average molecular weight is 420 g/mol. The maximum absolute atomic E-state index is 13.4. The lowest BCUT2D eigenvalue weighted by atomic mass is 10.2. The number of unbranched alkanes of at least 4 members (excludes halogenated alkanes) is 3. The van der Waals surface area contributed by atoms with Gasteiger partial charge in [-0.1, -0.05) is 37.9 Å². The van der Waals surface area contributed by atoms with Crippen LogP contribution < -0.4 is 10.9 Å². The van der Waals surface area contributed by atoms with Crippen LogP contribution in [0.1, 0.15) is 69.2 Å². The van der Waals surface area contributed by atoms with Gasteiger partial charge >= 0.3 is 0 Å². The molecule has 1 N–H and O–H groups in total. The molecule has 0 spiro atoms. The Hall–Kier alpha value is -1.34. The molecule has 2 aromatic rings. The molecule has 2 aromatic heterocycles. The number of amides is 1. The molecule has 4 rings (SSSR count). The van der Waals surface area contributed by atoms with E-state index in [1.54, 1.807) is 11.3 Å². The molecule has 0 aromatic carbocycles. The quantitative estimate of drug-likeness (QED) is 0.374. The maximum Gasteiger partial charge on any atom is 0.263 e. The zero-order chi connectivity index (χ0) is 19.7. The van der Waals surface area contributed by atoms with E-state index in [0.717, 1.165) is 55.2 Å². The molecule has 2 aliphatic rings. The van der Waals surface area contributed by atoms with E-state index in [1.165, 1.54) is 35.0 Å². The molecule has 7 heteroatoms. The molecule has 0 radical (unpaired) electrons. The van der Waals surface area contributed by atoms with Crippen molar-refractivity contribution in [3.63, 3.8) is 0 Å². The smallest absolute Gasteiger partial charge is 0.263 e. The predicted octanol–water partition coefficient (Wildman–Crippen LogP) is 4.29. The molecule has 0 bridgehead atoms. The van der Waals surface area contributed by atoms with Gasteiger partial charge in [-0.05, 0) is 51.0 Å². The number of carbonyl (C=O) groups excluding carboxylic acids is 1. The Morgan fingerprint density at radius 3 is 2.89 bits per heavy atom. The first-order valence-electron chi connectivity index (χ1n) is 10.6. The first-order chi connectivity index (χ1) is 13.6. The summed E-state index contributed by atoms with van der Waals surface area (Å²) in [6.07, 6.45) is 9.80. The van der Waals surface area contributed by atoms with Crippen LogP contribution in [0.25, 0.3) is 10.2 Å². The van der Waals surface area contributed by atoms with Gasteiger partial charge in [0.2, 0.25) is 5.91 Å². The average Bonchev–Trinajstić information content (AvgIpc) is 3.24. The number of aromatic nitrogens is 2. The first kappa shape index (κ1) is 20.0. The highest BCUT2D eigenvalue weighted by molar-refractivity contribution is 8.00. The Balaban J connectivity index is 1.64. The lowest BCUT2D eigenvalue weighted by Crippen LogP contribution is -2.33. The Morgan fingerprint density at radius 2 is 2.14 bits per heavy atom. The molecule has 2 aliphatic carbocycles. The Morgan fingerprint density at radius 1 is 1.32 bits per heavy atom. The normalized spacial score (nSPS) is 17.1.